The van der Waals surface area contributed by atoms with Crippen LogP contribution in [-0.4, -0.2) is 21.4 Å². The molecule has 2 N–H and O–H groups in total. The van der Waals surface area contributed by atoms with E-state index in [1.54, 1.807) is 6.07 Å². The molecular formula is C25H28N2O4S. The van der Waals surface area contributed by atoms with E-state index in [-0.39, 0.29) is 28.7 Å². The fourth-order valence-corrected chi connectivity index (χ4v) is 4.68. The first-order chi connectivity index (χ1) is 15.4. The number of amides is 1. The summed E-state index contributed by atoms with van der Waals surface area (Å²) in [5.41, 5.74) is 3.91. The van der Waals surface area contributed by atoms with Gasteiger partial charge in [0.1, 0.15) is 10.6 Å². The van der Waals surface area contributed by atoms with E-state index in [2.05, 4.69) is 10.0 Å². The van der Waals surface area contributed by atoms with Crippen molar-refractivity contribution in [1.82, 2.24) is 4.72 Å². The number of benzene rings is 3. The molecule has 0 radical (unpaired) electrons. The molecule has 0 saturated heterocycles. The molecule has 7 heteroatoms. The zero-order chi connectivity index (χ0) is 23.1. The first kappa shape index (κ1) is 23.5. The van der Waals surface area contributed by atoms with E-state index in [9.17, 15) is 13.2 Å². The molecule has 0 aliphatic carbocycles. The van der Waals surface area contributed by atoms with Crippen molar-refractivity contribution in [2.75, 3.05) is 12.4 Å². The number of carbonyl (C=O) groups excluding carboxylic acids is 1. The molecule has 0 unspecified atom stereocenters. The Labute approximate surface area is 189 Å². The van der Waals surface area contributed by atoms with E-state index >= 15 is 0 Å². The quantitative estimate of drug-likeness (QED) is 0.499. The average molecular weight is 453 g/mol. The van der Waals surface area contributed by atoms with Crippen LogP contribution in [-0.2, 0) is 29.4 Å². The number of sulfonamides is 1. The summed E-state index contributed by atoms with van der Waals surface area (Å²) in [6.45, 7) is 4.19. The Morgan fingerprint density at radius 1 is 0.906 bits per heavy atom. The van der Waals surface area contributed by atoms with Gasteiger partial charge in [0.15, 0.2) is 0 Å². The Hall–Kier alpha value is -3.16. The minimum absolute atomic E-state index is 0.0805. The van der Waals surface area contributed by atoms with Gasteiger partial charge in [0, 0.05) is 17.8 Å². The average Bonchev–Trinajstić information content (AvgIpc) is 2.83. The van der Waals surface area contributed by atoms with Gasteiger partial charge in [-0.2, -0.15) is 0 Å². The van der Waals surface area contributed by atoms with Crippen LogP contribution in [0.3, 0.4) is 0 Å². The van der Waals surface area contributed by atoms with Gasteiger partial charge in [-0.15, -0.1) is 0 Å². The third kappa shape index (κ3) is 5.36. The van der Waals surface area contributed by atoms with Gasteiger partial charge in [-0.05, 0) is 47.7 Å². The molecule has 0 atom stereocenters. The number of hydrogen-bond donors (Lipinski definition) is 2. The minimum Gasteiger partial charge on any atom is -0.495 e. The summed E-state index contributed by atoms with van der Waals surface area (Å²) in [5.74, 6) is -0.201. The normalized spacial score (nSPS) is 11.2. The van der Waals surface area contributed by atoms with Gasteiger partial charge in [-0.3, -0.25) is 4.79 Å². The van der Waals surface area contributed by atoms with Crippen molar-refractivity contribution in [3.05, 3.63) is 89.0 Å². The van der Waals surface area contributed by atoms with Crippen LogP contribution in [0.25, 0.3) is 0 Å². The smallest absolute Gasteiger partial charge is 0.255 e. The molecule has 1 amide bonds. The predicted octanol–water partition coefficient (Wildman–Crippen LogP) is 4.55. The van der Waals surface area contributed by atoms with E-state index in [4.69, 9.17) is 4.74 Å². The fraction of sp³-hybridized carbons (Fsp3) is 0.240. The van der Waals surface area contributed by atoms with Crippen LogP contribution in [0.1, 0.15) is 40.9 Å². The van der Waals surface area contributed by atoms with Crippen molar-refractivity contribution in [2.24, 2.45) is 0 Å². The molecule has 0 heterocycles. The lowest BCUT2D eigenvalue weighted by Crippen LogP contribution is -2.24. The largest absolute Gasteiger partial charge is 0.495 e. The Kier molecular flexibility index (Phi) is 7.66. The van der Waals surface area contributed by atoms with Gasteiger partial charge < -0.3 is 10.1 Å². The van der Waals surface area contributed by atoms with Gasteiger partial charge in [0.2, 0.25) is 10.0 Å². The van der Waals surface area contributed by atoms with Crippen LogP contribution in [0.15, 0.2) is 71.6 Å². The highest BCUT2D eigenvalue weighted by molar-refractivity contribution is 7.89. The number of para-hydroxylation sites is 1. The lowest BCUT2D eigenvalue weighted by atomic mass is 10.0. The molecule has 168 valence electrons. The molecule has 32 heavy (non-hydrogen) atoms. The Morgan fingerprint density at radius 2 is 1.56 bits per heavy atom. The number of carbonyl (C=O) groups is 1. The zero-order valence-electron chi connectivity index (χ0n) is 18.5. The summed E-state index contributed by atoms with van der Waals surface area (Å²) in [5, 5.41) is 2.98. The summed E-state index contributed by atoms with van der Waals surface area (Å²) < 4.78 is 33.8. The second-order valence-corrected chi connectivity index (χ2v) is 9.02. The maximum absolute atomic E-state index is 13.0. The van der Waals surface area contributed by atoms with Crippen LogP contribution < -0.4 is 14.8 Å². The molecule has 0 aromatic heterocycles. The predicted molar refractivity (Wildman–Crippen MR) is 127 cm³/mol. The summed E-state index contributed by atoms with van der Waals surface area (Å²) in [6.07, 6.45) is 1.55. The van der Waals surface area contributed by atoms with Gasteiger partial charge in [0.05, 0.1) is 7.11 Å². The molecule has 3 aromatic carbocycles. The minimum atomic E-state index is -3.91. The van der Waals surface area contributed by atoms with E-state index < -0.39 is 10.0 Å². The summed E-state index contributed by atoms with van der Waals surface area (Å²) >= 11 is 0. The Balaban J connectivity index is 1.90. The van der Waals surface area contributed by atoms with Crippen molar-refractivity contribution in [3.63, 3.8) is 0 Å². The molecule has 0 fully saturated rings. The third-order valence-corrected chi connectivity index (χ3v) is 6.68. The Bertz CT molecular complexity index is 1170. The maximum atomic E-state index is 13.0. The highest BCUT2D eigenvalue weighted by atomic mass is 32.2. The summed E-state index contributed by atoms with van der Waals surface area (Å²) in [7, 11) is -2.51. The van der Waals surface area contributed by atoms with Gasteiger partial charge in [0.25, 0.3) is 5.91 Å². The lowest BCUT2D eigenvalue weighted by Gasteiger charge is -2.16. The molecule has 0 aliphatic rings. The second-order valence-electron chi connectivity index (χ2n) is 7.29. The number of ether oxygens (including phenoxy) is 1. The molecular weight excluding hydrogens is 424 g/mol. The number of rotatable bonds is 9. The Morgan fingerprint density at radius 3 is 2.16 bits per heavy atom. The monoisotopic (exact) mass is 452 g/mol. The maximum Gasteiger partial charge on any atom is 0.255 e. The molecule has 6 nitrogen and oxygen atoms in total. The molecule has 3 aromatic rings. The van der Waals surface area contributed by atoms with Crippen molar-refractivity contribution >= 4 is 21.6 Å². The van der Waals surface area contributed by atoms with Crippen molar-refractivity contribution in [3.8, 4) is 5.75 Å². The SMILES string of the molecule is CCc1cccc(CC)c1NC(=O)c1ccc(OC)c(S(=O)(=O)NCc2ccccc2)c1. The number of anilines is 1. The fourth-order valence-electron chi connectivity index (χ4n) is 3.47. The molecule has 0 aliphatic heterocycles. The van der Waals surface area contributed by atoms with Crippen LogP contribution in [0.5, 0.6) is 5.75 Å². The third-order valence-electron chi connectivity index (χ3n) is 5.26. The van der Waals surface area contributed by atoms with Crippen LogP contribution in [0.2, 0.25) is 0 Å². The van der Waals surface area contributed by atoms with Crippen molar-refractivity contribution < 1.29 is 17.9 Å². The zero-order valence-corrected chi connectivity index (χ0v) is 19.3. The standard InChI is InChI=1S/C25H28N2O4S/c1-4-19-12-9-13-20(5-2)24(19)27-25(28)21-14-15-22(31-3)23(16-21)32(29,30)26-17-18-10-7-6-8-11-18/h6-16,26H,4-5,17H2,1-3H3,(H,27,28). The first-order valence-electron chi connectivity index (χ1n) is 10.5. The highest BCUT2D eigenvalue weighted by Gasteiger charge is 2.22. The second kappa shape index (κ2) is 10.4. The molecule has 0 saturated carbocycles. The van der Waals surface area contributed by atoms with E-state index in [1.165, 1.54) is 19.2 Å². The number of methoxy groups -OCH3 is 1. The topological polar surface area (TPSA) is 84.5 Å². The van der Waals surface area contributed by atoms with Crippen LogP contribution >= 0.6 is 0 Å². The van der Waals surface area contributed by atoms with Crippen molar-refractivity contribution in [1.29, 1.82) is 0 Å². The van der Waals surface area contributed by atoms with Gasteiger partial charge in [-0.1, -0.05) is 62.4 Å². The van der Waals surface area contributed by atoms with E-state index in [0.29, 0.717) is 0 Å². The van der Waals surface area contributed by atoms with Gasteiger partial charge in [-0.25, -0.2) is 13.1 Å². The highest BCUT2D eigenvalue weighted by Crippen LogP contribution is 2.27. The van der Waals surface area contributed by atoms with E-state index in [1.807, 2.05) is 62.4 Å². The first-order valence-corrected chi connectivity index (χ1v) is 12.0. The molecule has 0 spiro atoms. The lowest BCUT2D eigenvalue weighted by molar-refractivity contribution is 0.102. The van der Waals surface area contributed by atoms with E-state index in [0.717, 1.165) is 35.2 Å². The van der Waals surface area contributed by atoms with Gasteiger partial charge >= 0.3 is 0 Å². The molecule has 3 rings (SSSR count). The van der Waals surface area contributed by atoms with Crippen LogP contribution in [0.4, 0.5) is 5.69 Å². The number of aryl methyl sites for hydroxylation is 2. The number of hydrogen-bond acceptors (Lipinski definition) is 4. The van der Waals surface area contributed by atoms with Crippen molar-refractivity contribution in [2.45, 2.75) is 38.1 Å². The summed E-state index contributed by atoms with van der Waals surface area (Å²) in [4.78, 5) is 13.0. The number of nitrogens with one attached hydrogen (secondary N) is 2. The molecule has 0 bridgehead atoms. The van der Waals surface area contributed by atoms with Crippen LogP contribution in [0, 0.1) is 0 Å². The summed E-state index contributed by atoms with van der Waals surface area (Å²) in [6, 6.07) is 19.6.